The van der Waals surface area contributed by atoms with E-state index < -0.39 is 10.0 Å². The number of sulfonamides is 1. The molecule has 0 aromatic heterocycles. The second-order valence-electron chi connectivity index (χ2n) is 7.28. The summed E-state index contributed by atoms with van der Waals surface area (Å²) in [6.45, 7) is 9.88. The molecule has 0 bridgehead atoms. The summed E-state index contributed by atoms with van der Waals surface area (Å²) >= 11 is 0. The standard InChI is InChI=1S/C20H32N2O4S/c1-6-21(7-2)20(23)17-9-8-12-22(14-17)27(24,25)19-13-16(15(3)4)10-11-18(19)26-5/h10-11,13,15,17H,6-9,12,14H2,1-5H3/t17-/m0/s1. The van der Waals surface area contributed by atoms with Crippen LogP contribution >= 0.6 is 0 Å². The van der Waals surface area contributed by atoms with Gasteiger partial charge >= 0.3 is 0 Å². The first-order chi connectivity index (χ1) is 12.8. The number of methoxy groups -OCH3 is 1. The smallest absolute Gasteiger partial charge is 0.246 e. The van der Waals surface area contributed by atoms with Crippen LogP contribution in [0.15, 0.2) is 23.1 Å². The van der Waals surface area contributed by atoms with Gasteiger partial charge in [0.25, 0.3) is 0 Å². The molecule has 0 radical (unpaired) electrons. The van der Waals surface area contributed by atoms with Gasteiger partial charge in [-0.2, -0.15) is 4.31 Å². The number of piperidine rings is 1. The minimum Gasteiger partial charge on any atom is -0.495 e. The van der Waals surface area contributed by atoms with Crippen LogP contribution in [0.3, 0.4) is 0 Å². The largest absolute Gasteiger partial charge is 0.495 e. The molecule has 0 saturated carbocycles. The van der Waals surface area contributed by atoms with E-state index in [9.17, 15) is 13.2 Å². The van der Waals surface area contributed by atoms with E-state index in [4.69, 9.17) is 4.74 Å². The Bertz CT molecular complexity index is 757. The van der Waals surface area contributed by atoms with E-state index in [-0.39, 0.29) is 29.2 Å². The van der Waals surface area contributed by atoms with Gasteiger partial charge in [-0.1, -0.05) is 19.9 Å². The van der Waals surface area contributed by atoms with E-state index in [1.807, 2.05) is 33.8 Å². The number of carbonyl (C=O) groups is 1. The summed E-state index contributed by atoms with van der Waals surface area (Å²) in [7, 11) is -2.25. The van der Waals surface area contributed by atoms with Crippen LogP contribution in [-0.2, 0) is 14.8 Å². The number of amides is 1. The van der Waals surface area contributed by atoms with Crippen molar-refractivity contribution in [3.8, 4) is 5.75 Å². The predicted molar refractivity (Wildman–Crippen MR) is 106 cm³/mol. The molecule has 1 aliphatic rings. The second kappa shape index (κ2) is 9.06. The molecule has 1 aromatic rings. The molecule has 1 aliphatic heterocycles. The first-order valence-electron chi connectivity index (χ1n) is 9.73. The van der Waals surface area contributed by atoms with Crippen molar-refractivity contribution in [2.24, 2.45) is 5.92 Å². The average molecular weight is 397 g/mol. The molecule has 1 aromatic carbocycles. The average Bonchev–Trinajstić information content (AvgIpc) is 2.68. The molecule has 27 heavy (non-hydrogen) atoms. The minimum atomic E-state index is -3.73. The van der Waals surface area contributed by atoms with Crippen molar-refractivity contribution in [3.05, 3.63) is 23.8 Å². The molecule has 0 unspecified atom stereocenters. The lowest BCUT2D eigenvalue weighted by Crippen LogP contribution is -2.46. The Balaban J connectivity index is 2.33. The number of rotatable bonds is 7. The fourth-order valence-corrected chi connectivity index (χ4v) is 5.26. The summed E-state index contributed by atoms with van der Waals surface area (Å²) in [5, 5.41) is 0. The van der Waals surface area contributed by atoms with E-state index in [1.54, 1.807) is 17.0 Å². The fraction of sp³-hybridized carbons (Fsp3) is 0.650. The number of hydrogen-bond donors (Lipinski definition) is 0. The molecule has 1 amide bonds. The Hall–Kier alpha value is -1.60. The fourth-order valence-electron chi connectivity index (χ4n) is 3.55. The van der Waals surface area contributed by atoms with E-state index in [1.165, 1.54) is 11.4 Å². The van der Waals surface area contributed by atoms with E-state index >= 15 is 0 Å². The van der Waals surface area contributed by atoms with Crippen molar-refractivity contribution >= 4 is 15.9 Å². The summed E-state index contributed by atoms with van der Waals surface area (Å²) in [5.41, 5.74) is 0.946. The first kappa shape index (κ1) is 21.7. The Morgan fingerprint density at radius 1 is 1.30 bits per heavy atom. The summed E-state index contributed by atoms with van der Waals surface area (Å²) in [4.78, 5) is 14.7. The van der Waals surface area contributed by atoms with Gasteiger partial charge in [0.1, 0.15) is 10.6 Å². The number of nitrogens with zero attached hydrogens (tertiary/aromatic N) is 2. The van der Waals surface area contributed by atoms with Crippen molar-refractivity contribution in [1.82, 2.24) is 9.21 Å². The number of carbonyl (C=O) groups excluding carboxylic acids is 1. The normalized spacial score (nSPS) is 18.5. The molecule has 1 atom stereocenters. The van der Waals surface area contributed by atoms with Crippen LogP contribution in [0, 0.1) is 5.92 Å². The Morgan fingerprint density at radius 2 is 1.96 bits per heavy atom. The van der Waals surface area contributed by atoms with E-state index in [2.05, 4.69) is 0 Å². The van der Waals surface area contributed by atoms with Crippen LogP contribution in [0.25, 0.3) is 0 Å². The van der Waals surface area contributed by atoms with E-state index in [0.717, 1.165) is 12.0 Å². The highest BCUT2D eigenvalue weighted by molar-refractivity contribution is 7.89. The maximum atomic E-state index is 13.3. The first-order valence-corrected chi connectivity index (χ1v) is 11.2. The van der Waals surface area contributed by atoms with Gasteiger partial charge in [0.2, 0.25) is 15.9 Å². The zero-order valence-corrected chi connectivity index (χ0v) is 17.9. The highest BCUT2D eigenvalue weighted by atomic mass is 32.2. The van der Waals surface area contributed by atoms with Crippen LogP contribution in [0.5, 0.6) is 5.75 Å². The zero-order chi connectivity index (χ0) is 20.2. The van der Waals surface area contributed by atoms with Gasteiger partial charge in [0.05, 0.1) is 13.0 Å². The van der Waals surface area contributed by atoms with Crippen molar-refractivity contribution in [1.29, 1.82) is 0 Å². The monoisotopic (exact) mass is 396 g/mol. The lowest BCUT2D eigenvalue weighted by Gasteiger charge is -2.34. The van der Waals surface area contributed by atoms with Gasteiger partial charge < -0.3 is 9.64 Å². The van der Waals surface area contributed by atoms with Crippen LogP contribution < -0.4 is 4.74 Å². The van der Waals surface area contributed by atoms with Gasteiger partial charge in [-0.15, -0.1) is 0 Å². The van der Waals surface area contributed by atoms with E-state index in [0.29, 0.717) is 31.8 Å². The maximum absolute atomic E-state index is 13.3. The molecular weight excluding hydrogens is 364 g/mol. The number of ether oxygens (including phenoxy) is 1. The van der Waals surface area contributed by atoms with Crippen LogP contribution in [0.2, 0.25) is 0 Å². The third-order valence-electron chi connectivity index (χ3n) is 5.28. The Morgan fingerprint density at radius 3 is 2.52 bits per heavy atom. The van der Waals surface area contributed by atoms with Gasteiger partial charge in [0.15, 0.2) is 0 Å². The highest BCUT2D eigenvalue weighted by Gasteiger charge is 2.36. The summed E-state index contributed by atoms with van der Waals surface area (Å²) in [5.74, 6) is 0.315. The van der Waals surface area contributed by atoms with Gasteiger partial charge in [-0.25, -0.2) is 8.42 Å². The van der Waals surface area contributed by atoms with Gasteiger partial charge in [-0.05, 0) is 50.3 Å². The molecule has 152 valence electrons. The molecule has 0 aliphatic carbocycles. The van der Waals surface area contributed by atoms with Gasteiger partial charge in [-0.3, -0.25) is 4.79 Å². The number of hydrogen-bond acceptors (Lipinski definition) is 4. The van der Waals surface area contributed by atoms with Crippen molar-refractivity contribution in [2.75, 3.05) is 33.3 Å². The van der Waals surface area contributed by atoms with Crippen molar-refractivity contribution in [2.45, 2.75) is 51.3 Å². The highest BCUT2D eigenvalue weighted by Crippen LogP contribution is 2.32. The summed E-state index contributed by atoms with van der Waals surface area (Å²) in [6, 6.07) is 5.31. The Labute approximate surface area is 163 Å². The molecule has 2 rings (SSSR count). The molecular formula is C20H32N2O4S. The van der Waals surface area contributed by atoms with Crippen LogP contribution in [0.4, 0.5) is 0 Å². The Kier molecular flexibility index (Phi) is 7.28. The summed E-state index contributed by atoms with van der Waals surface area (Å²) in [6.07, 6.45) is 1.41. The van der Waals surface area contributed by atoms with Gasteiger partial charge in [0, 0.05) is 26.2 Å². The molecule has 1 fully saturated rings. The molecule has 0 spiro atoms. The second-order valence-corrected chi connectivity index (χ2v) is 9.18. The molecule has 7 heteroatoms. The molecule has 6 nitrogen and oxygen atoms in total. The lowest BCUT2D eigenvalue weighted by molar-refractivity contribution is -0.136. The molecule has 1 saturated heterocycles. The van der Waals surface area contributed by atoms with Crippen molar-refractivity contribution < 1.29 is 17.9 Å². The predicted octanol–water partition coefficient (Wildman–Crippen LogP) is 3.09. The minimum absolute atomic E-state index is 0.0443. The third kappa shape index (κ3) is 4.63. The maximum Gasteiger partial charge on any atom is 0.246 e. The zero-order valence-electron chi connectivity index (χ0n) is 17.1. The molecule has 1 heterocycles. The molecule has 0 N–H and O–H groups in total. The topological polar surface area (TPSA) is 66.9 Å². The lowest BCUT2D eigenvalue weighted by atomic mass is 9.98. The van der Waals surface area contributed by atoms with Crippen LogP contribution in [-0.4, -0.2) is 56.8 Å². The quantitative estimate of drug-likeness (QED) is 0.710. The summed E-state index contributed by atoms with van der Waals surface area (Å²) < 4.78 is 33.5. The van der Waals surface area contributed by atoms with Crippen molar-refractivity contribution in [3.63, 3.8) is 0 Å². The SMILES string of the molecule is CCN(CC)C(=O)[C@H]1CCCN(S(=O)(=O)c2cc(C(C)C)ccc2OC)C1. The van der Waals surface area contributed by atoms with Crippen LogP contribution in [0.1, 0.15) is 52.0 Å². The number of benzene rings is 1. The third-order valence-corrected chi connectivity index (χ3v) is 7.17.